The molecule has 0 radical (unpaired) electrons. The number of alkyl halides is 3. The molecule has 0 rings (SSSR count). The lowest BCUT2D eigenvalue weighted by Gasteiger charge is -2.25. The third kappa shape index (κ3) is 4.46. The number of hydrogen-bond acceptors (Lipinski definition) is 3. The molecule has 0 aliphatic carbocycles. The van der Waals surface area contributed by atoms with Crippen LogP contribution in [0.4, 0.5) is 13.2 Å². The van der Waals surface area contributed by atoms with Crippen molar-refractivity contribution >= 4 is 10.9 Å². The fraction of sp³-hybridized carbons (Fsp3) is 1.00. The molecule has 2 N–H and O–H groups in total. The van der Waals surface area contributed by atoms with Crippen LogP contribution in [0, 0.1) is 0 Å². The Labute approximate surface area is 64.7 Å². The molecule has 0 bridgehead atoms. The Morgan fingerprint density at radius 2 is 1.45 bits per heavy atom. The molecule has 3 nitrogen and oxygen atoms in total. The van der Waals surface area contributed by atoms with Crippen LogP contribution in [0.25, 0.3) is 0 Å². The molecule has 0 aromatic heterocycles. The quantitative estimate of drug-likeness (QED) is 0.677. The van der Waals surface area contributed by atoms with Crippen LogP contribution in [0.5, 0.6) is 0 Å². The Morgan fingerprint density at radius 1 is 1.18 bits per heavy atom. The van der Waals surface area contributed by atoms with E-state index in [1.54, 1.807) is 0 Å². The maximum Gasteiger partial charge on any atom is 0.493 e. The molecule has 0 aliphatic rings. The lowest BCUT2D eigenvalue weighted by molar-refractivity contribution is -0.0647. The van der Waals surface area contributed by atoms with Crippen molar-refractivity contribution < 1.29 is 26.5 Å². The van der Waals surface area contributed by atoms with Gasteiger partial charge in [0.15, 0.2) is 10.9 Å². The highest BCUT2D eigenvalue weighted by Gasteiger charge is 2.49. The van der Waals surface area contributed by atoms with Crippen LogP contribution < -0.4 is 0 Å². The number of hydrogen-bond donors (Lipinski definition) is 2. The minimum absolute atomic E-state index is 0.572. The van der Waals surface area contributed by atoms with Gasteiger partial charge in [-0.15, -0.1) is 0 Å². The largest absolute Gasteiger partial charge is 0.493 e. The summed E-state index contributed by atoms with van der Waals surface area (Å²) in [6, 6.07) is 0. The number of halogens is 3. The molecule has 0 amide bonds. The van der Waals surface area contributed by atoms with Gasteiger partial charge in [0, 0.05) is 0 Å². The molecule has 72 valence electrons. The summed E-state index contributed by atoms with van der Waals surface area (Å²) in [6.45, 7) is 4.00. The standard InChI is InChI=1S/C2H5F3O3S.C2H6/c1-8-9(6,7)2(3,4)5;1-2/h6-7H,1H3;1-2H3. The van der Waals surface area contributed by atoms with Gasteiger partial charge in [-0.25, -0.2) is 0 Å². The molecule has 7 heteroatoms. The van der Waals surface area contributed by atoms with Crippen molar-refractivity contribution in [2.45, 2.75) is 19.4 Å². The lowest BCUT2D eigenvalue weighted by atomic mass is 11.0. The average Bonchev–Trinajstić information content (AvgIpc) is 1.90. The molecule has 11 heavy (non-hydrogen) atoms. The molecular weight excluding hydrogens is 185 g/mol. The van der Waals surface area contributed by atoms with Gasteiger partial charge in [0.2, 0.25) is 0 Å². The topological polar surface area (TPSA) is 49.7 Å². The van der Waals surface area contributed by atoms with Gasteiger partial charge in [-0.3, -0.25) is 4.18 Å². The maximum absolute atomic E-state index is 11.2. The van der Waals surface area contributed by atoms with Gasteiger partial charge in [-0.2, -0.15) is 13.2 Å². The molecule has 0 aliphatic heterocycles. The zero-order chi connectivity index (χ0) is 9.71. The van der Waals surface area contributed by atoms with Gasteiger partial charge < -0.3 is 9.11 Å². The molecule has 0 spiro atoms. The highest BCUT2D eigenvalue weighted by molar-refractivity contribution is 8.20. The van der Waals surface area contributed by atoms with Crippen LogP contribution in [-0.4, -0.2) is 21.7 Å². The fourth-order valence-electron chi connectivity index (χ4n) is 0.0945. The summed E-state index contributed by atoms with van der Waals surface area (Å²) in [5, 5.41) is 0. The second-order valence-electron chi connectivity index (χ2n) is 1.11. The average molecular weight is 196 g/mol. The normalized spacial score (nSPS) is 13.5. The molecule has 0 aromatic rings. The fourth-order valence-corrected chi connectivity index (χ4v) is 0.283. The van der Waals surface area contributed by atoms with E-state index in [0.717, 1.165) is 0 Å². The van der Waals surface area contributed by atoms with Gasteiger partial charge in [0.25, 0.3) is 0 Å². The number of rotatable bonds is 1. The van der Waals surface area contributed by atoms with Crippen molar-refractivity contribution in [2.24, 2.45) is 0 Å². The molecule has 0 saturated heterocycles. The zero-order valence-corrected chi connectivity index (χ0v) is 7.16. The summed E-state index contributed by atoms with van der Waals surface area (Å²) in [5.41, 5.74) is -5.08. The van der Waals surface area contributed by atoms with Gasteiger partial charge in [-0.1, -0.05) is 13.8 Å². The maximum atomic E-state index is 11.2. The Kier molecular flexibility index (Phi) is 5.95. The van der Waals surface area contributed by atoms with Crippen molar-refractivity contribution in [1.82, 2.24) is 0 Å². The van der Waals surface area contributed by atoms with E-state index in [-0.39, 0.29) is 0 Å². The second kappa shape index (κ2) is 4.81. The molecule has 0 heterocycles. The Hall–Kier alpha value is 0.0200. The van der Waals surface area contributed by atoms with Crippen LogP contribution in [0.3, 0.4) is 0 Å². The van der Waals surface area contributed by atoms with Crippen LogP contribution in [0.15, 0.2) is 0 Å². The molecule has 0 aromatic carbocycles. The van der Waals surface area contributed by atoms with E-state index >= 15 is 0 Å². The SMILES string of the molecule is CC.COS(O)(O)C(F)(F)F. The Morgan fingerprint density at radius 3 is 1.45 bits per heavy atom. The van der Waals surface area contributed by atoms with E-state index in [1.807, 2.05) is 13.8 Å². The highest BCUT2D eigenvalue weighted by Crippen LogP contribution is 2.55. The first-order valence-electron chi connectivity index (χ1n) is 2.71. The van der Waals surface area contributed by atoms with Crippen LogP contribution in [0.1, 0.15) is 13.8 Å². The molecular formula is C4H11F3O3S. The first-order valence-corrected chi connectivity index (χ1v) is 4.18. The Bertz CT molecular complexity index is 103. The predicted molar refractivity (Wildman–Crippen MR) is 37.3 cm³/mol. The minimum atomic E-state index is -5.08. The second-order valence-corrected chi connectivity index (χ2v) is 2.90. The molecule has 0 fully saturated rings. The van der Waals surface area contributed by atoms with E-state index in [2.05, 4.69) is 4.18 Å². The summed E-state index contributed by atoms with van der Waals surface area (Å²) in [6.07, 6.45) is 0. The lowest BCUT2D eigenvalue weighted by Crippen LogP contribution is -2.20. The third-order valence-corrected chi connectivity index (χ3v) is 1.60. The Balaban J connectivity index is 0. The van der Waals surface area contributed by atoms with Crippen LogP contribution >= 0.6 is 10.9 Å². The first kappa shape index (κ1) is 13.6. The van der Waals surface area contributed by atoms with E-state index in [1.165, 1.54) is 0 Å². The predicted octanol–water partition coefficient (Wildman–Crippen LogP) is 2.84. The van der Waals surface area contributed by atoms with Crippen molar-refractivity contribution in [3.63, 3.8) is 0 Å². The van der Waals surface area contributed by atoms with E-state index in [4.69, 9.17) is 9.11 Å². The summed E-state index contributed by atoms with van der Waals surface area (Å²) >= 11 is 0. The van der Waals surface area contributed by atoms with Crippen molar-refractivity contribution in [2.75, 3.05) is 7.11 Å². The van der Waals surface area contributed by atoms with Crippen molar-refractivity contribution in [3.05, 3.63) is 0 Å². The van der Waals surface area contributed by atoms with Crippen molar-refractivity contribution in [1.29, 1.82) is 0 Å². The third-order valence-electron chi connectivity index (χ3n) is 0.534. The first-order chi connectivity index (χ1) is 4.81. The highest BCUT2D eigenvalue weighted by atomic mass is 32.3. The van der Waals surface area contributed by atoms with Gasteiger partial charge in [0.1, 0.15) is 0 Å². The minimum Gasteiger partial charge on any atom is -0.301 e. The van der Waals surface area contributed by atoms with E-state index in [0.29, 0.717) is 7.11 Å². The van der Waals surface area contributed by atoms with Gasteiger partial charge in [-0.05, 0) is 0 Å². The van der Waals surface area contributed by atoms with E-state index < -0.39 is 16.4 Å². The van der Waals surface area contributed by atoms with Crippen molar-refractivity contribution in [3.8, 4) is 0 Å². The molecule has 0 saturated carbocycles. The molecule has 0 atom stereocenters. The van der Waals surface area contributed by atoms with Crippen LogP contribution in [0.2, 0.25) is 0 Å². The molecule has 0 unspecified atom stereocenters. The van der Waals surface area contributed by atoms with E-state index in [9.17, 15) is 13.2 Å². The summed E-state index contributed by atoms with van der Waals surface area (Å²) in [5.74, 6) is 0. The van der Waals surface area contributed by atoms with Crippen LogP contribution in [-0.2, 0) is 4.18 Å². The van der Waals surface area contributed by atoms with Gasteiger partial charge in [0.05, 0.1) is 7.11 Å². The smallest absolute Gasteiger partial charge is 0.301 e. The van der Waals surface area contributed by atoms with Gasteiger partial charge >= 0.3 is 5.51 Å². The summed E-state index contributed by atoms with van der Waals surface area (Å²) in [7, 11) is -4.26. The monoisotopic (exact) mass is 196 g/mol. The summed E-state index contributed by atoms with van der Waals surface area (Å²) < 4.78 is 53.0. The summed E-state index contributed by atoms with van der Waals surface area (Å²) in [4.78, 5) is 0. The zero-order valence-electron chi connectivity index (χ0n) is 6.34.